The van der Waals surface area contributed by atoms with Crippen LogP contribution in [0.4, 0.5) is 0 Å². The van der Waals surface area contributed by atoms with E-state index in [1.54, 1.807) is 0 Å². The maximum absolute atomic E-state index is 10.5. The van der Waals surface area contributed by atoms with Gasteiger partial charge in [0.15, 0.2) is 0 Å². The summed E-state index contributed by atoms with van der Waals surface area (Å²) in [5, 5.41) is 24.7. The lowest BCUT2D eigenvalue weighted by Crippen LogP contribution is -2.20. The maximum Gasteiger partial charge on any atom is 0.307 e. The molecule has 12 nitrogen and oxygen atoms in total. The molecule has 0 radical (unpaired) electrons. The topological polar surface area (TPSA) is 241 Å². The van der Waals surface area contributed by atoms with Crippen molar-refractivity contribution in [3.8, 4) is 0 Å². The van der Waals surface area contributed by atoms with Crippen molar-refractivity contribution in [2.45, 2.75) is 114 Å². The van der Waals surface area contributed by atoms with Crippen molar-refractivity contribution >= 4 is 35.6 Å². The summed E-state index contributed by atoms with van der Waals surface area (Å²) >= 11 is 0. The second-order valence-corrected chi connectivity index (χ2v) is 11.3. The van der Waals surface area contributed by atoms with Crippen LogP contribution >= 0.6 is 0 Å². The zero-order valence-corrected chi connectivity index (χ0v) is 27.2. The lowest BCUT2D eigenvalue weighted by atomic mass is 9.91. The first-order chi connectivity index (χ1) is 19.2. The first-order valence-electron chi connectivity index (χ1n) is 14.7. The van der Waals surface area contributed by atoms with Gasteiger partial charge >= 0.3 is 17.9 Å². The van der Waals surface area contributed by atoms with Gasteiger partial charge in [-0.25, -0.2) is 0 Å². The number of hydrogen-bond acceptors (Lipinski definition) is 6. The van der Waals surface area contributed by atoms with E-state index in [2.05, 4.69) is 62.3 Å². The SMILES string of the molecule is CCC(C)C(C)CC(N)=O.CCC(C)C(C)CC(N)=O.CCC(C)C(C)CC(N)=O.O=C(O)CC(CC(=O)O)C(=O)O. The molecule has 0 aliphatic carbocycles. The second kappa shape index (κ2) is 26.7. The number of primary amides is 3. The van der Waals surface area contributed by atoms with Crippen LogP contribution in [0.25, 0.3) is 0 Å². The molecule has 12 heteroatoms. The van der Waals surface area contributed by atoms with E-state index in [-0.39, 0.29) is 17.7 Å². The van der Waals surface area contributed by atoms with Crippen LogP contribution in [-0.2, 0) is 28.8 Å². The number of hydrogen-bond donors (Lipinski definition) is 6. The Kier molecular flexibility index (Phi) is 29.1. The molecular weight excluding hydrogens is 546 g/mol. The number of carbonyl (C=O) groups excluding carboxylic acids is 3. The Labute approximate surface area is 252 Å². The second-order valence-electron chi connectivity index (χ2n) is 11.3. The molecule has 42 heavy (non-hydrogen) atoms. The Balaban J connectivity index is -0.000000230. The van der Waals surface area contributed by atoms with Gasteiger partial charge in [-0.3, -0.25) is 28.8 Å². The molecule has 0 saturated carbocycles. The zero-order valence-electron chi connectivity index (χ0n) is 27.2. The number of rotatable bonds is 17. The van der Waals surface area contributed by atoms with E-state index in [4.69, 9.17) is 32.5 Å². The van der Waals surface area contributed by atoms with Crippen molar-refractivity contribution < 1.29 is 44.1 Å². The number of nitrogens with two attached hydrogens (primary N) is 3. The highest BCUT2D eigenvalue weighted by molar-refractivity contribution is 5.82. The van der Waals surface area contributed by atoms with Crippen molar-refractivity contribution in [3.05, 3.63) is 0 Å². The molecule has 0 spiro atoms. The predicted molar refractivity (Wildman–Crippen MR) is 163 cm³/mol. The van der Waals surface area contributed by atoms with E-state index in [0.717, 1.165) is 19.3 Å². The smallest absolute Gasteiger partial charge is 0.307 e. The summed E-state index contributed by atoms with van der Waals surface area (Å²) in [5.74, 6) is -2.83. The molecular formula is C30H59N3O9. The molecule has 0 fully saturated rings. The summed E-state index contributed by atoms with van der Waals surface area (Å²) in [6.07, 6.45) is 3.60. The van der Waals surface area contributed by atoms with E-state index in [9.17, 15) is 28.8 Å². The van der Waals surface area contributed by atoms with Gasteiger partial charge in [0.25, 0.3) is 0 Å². The van der Waals surface area contributed by atoms with Crippen molar-refractivity contribution in [1.82, 2.24) is 0 Å². The van der Waals surface area contributed by atoms with Crippen molar-refractivity contribution in [3.63, 3.8) is 0 Å². The van der Waals surface area contributed by atoms with Gasteiger partial charge in [-0.1, -0.05) is 81.6 Å². The number of amides is 3. The Morgan fingerprint density at radius 3 is 0.786 bits per heavy atom. The monoisotopic (exact) mass is 605 g/mol. The highest BCUT2D eigenvalue weighted by Crippen LogP contribution is 2.18. The minimum atomic E-state index is -1.40. The van der Waals surface area contributed by atoms with Crippen LogP contribution in [0.3, 0.4) is 0 Å². The third kappa shape index (κ3) is 31.3. The Morgan fingerprint density at radius 2 is 0.667 bits per heavy atom. The Hall–Kier alpha value is -3.18. The minimum absolute atomic E-state index is 0.187. The lowest BCUT2D eigenvalue weighted by Gasteiger charge is -2.15. The van der Waals surface area contributed by atoms with Gasteiger partial charge in [0.05, 0.1) is 18.8 Å². The molecule has 3 amide bonds. The van der Waals surface area contributed by atoms with E-state index >= 15 is 0 Å². The van der Waals surface area contributed by atoms with Gasteiger partial charge in [-0.05, 0) is 35.5 Å². The quantitative estimate of drug-likeness (QED) is 0.138. The van der Waals surface area contributed by atoms with Crippen molar-refractivity contribution in [2.24, 2.45) is 58.6 Å². The highest BCUT2D eigenvalue weighted by Gasteiger charge is 2.23. The van der Waals surface area contributed by atoms with Gasteiger partial charge in [0, 0.05) is 19.3 Å². The van der Waals surface area contributed by atoms with Crippen molar-refractivity contribution in [1.29, 1.82) is 0 Å². The summed E-state index contributed by atoms with van der Waals surface area (Å²) in [5.41, 5.74) is 15.1. The molecule has 0 saturated heterocycles. The largest absolute Gasteiger partial charge is 0.481 e. The van der Waals surface area contributed by atoms with Gasteiger partial charge in [0.1, 0.15) is 0 Å². The predicted octanol–water partition coefficient (Wildman–Crippen LogP) is 4.27. The fraction of sp³-hybridized carbons (Fsp3) is 0.800. The van der Waals surface area contributed by atoms with E-state index in [1.807, 2.05) is 0 Å². The molecule has 0 aromatic rings. The third-order valence-electron chi connectivity index (χ3n) is 7.61. The number of aliphatic carboxylic acids is 3. The summed E-state index contributed by atoms with van der Waals surface area (Å²) < 4.78 is 0. The van der Waals surface area contributed by atoms with Gasteiger partial charge in [-0.15, -0.1) is 0 Å². The first kappa shape index (κ1) is 45.8. The average molecular weight is 606 g/mol. The molecule has 6 unspecified atom stereocenters. The Morgan fingerprint density at radius 1 is 0.452 bits per heavy atom. The summed E-state index contributed by atoms with van der Waals surface area (Å²) in [6, 6.07) is 0. The molecule has 9 N–H and O–H groups in total. The number of carboxylic acid groups (broad SMARTS) is 3. The molecule has 6 atom stereocenters. The van der Waals surface area contributed by atoms with E-state index in [0.29, 0.717) is 54.8 Å². The minimum Gasteiger partial charge on any atom is -0.481 e. The van der Waals surface area contributed by atoms with Gasteiger partial charge in [0.2, 0.25) is 17.7 Å². The molecule has 0 aromatic carbocycles. The molecule has 0 aliphatic rings. The van der Waals surface area contributed by atoms with Crippen LogP contribution in [0.1, 0.15) is 114 Å². The third-order valence-corrected chi connectivity index (χ3v) is 7.61. The highest BCUT2D eigenvalue weighted by atomic mass is 16.4. The fourth-order valence-electron chi connectivity index (χ4n) is 3.43. The van der Waals surface area contributed by atoms with Crippen LogP contribution in [0.5, 0.6) is 0 Å². The van der Waals surface area contributed by atoms with E-state index < -0.39 is 36.7 Å². The van der Waals surface area contributed by atoms with Crippen LogP contribution in [0, 0.1) is 41.4 Å². The molecule has 0 aromatic heterocycles. The van der Waals surface area contributed by atoms with Gasteiger partial charge in [-0.2, -0.15) is 0 Å². The molecule has 0 heterocycles. The Bertz CT molecular complexity index is 722. The first-order valence-corrected chi connectivity index (χ1v) is 14.7. The van der Waals surface area contributed by atoms with Crippen LogP contribution in [0.2, 0.25) is 0 Å². The number of carboxylic acids is 3. The molecule has 0 rings (SSSR count). The normalized spacial score (nSPS) is 14.4. The summed E-state index contributed by atoms with van der Waals surface area (Å²) in [4.78, 5) is 61.7. The maximum atomic E-state index is 10.5. The fourth-order valence-corrected chi connectivity index (χ4v) is 3.43. The zero-order chi connectivity index (χ0) is 34.2. The molecule has 248 valence electrons. The van der Waals surface area contributed by atoms with E-state index in [1.165, 1.54) is 0 Å². The average Bonchev–Trinajstić information content (AvgIpc) is 2.86. The lowest BCUT2D eigenvalue weighted by molar-refractivity contribution is -0.152. The number of carbonyl (C=O) groups is 6. The summed E-state index contributed by atoms with van der Waals surface area (Å²) in [6.45, 7) is 19.0. The summed E-state index contributed by atoms with van der Waals surface area (Å²) in [7, 11) is 0. The van der Waals surface area contributed by atoms with Crippen LogP contribution in [-0.4, -0.2) is 50.9 Å². The van der Waals surface area contributed by atoms with Crippen LogP contribution in [0.15, 0.2) is 0 Å². The van der Waals surface area contributed by atoms with Crippen molar-refractivity contribution in [2.75, 3.05) is 0 Å². The molecule has 0 bridgehead atoms. The standard InChI is InChI=1S/3C8H17NO.C6H8O6/c3*1-4-6(2)7(3)5-8(9)10;7-4(8)1-3(6(11)12)2-5(9)10/h3*6-7H,4-5H2,1-3H3,(H2,9,10);3H,1-2H2,(H,7,8)(H,9,10)(H,11,12). The molecule has 0 aliphatic heterocycles. The van der Waals surface area contributed by atoms with Gasteiger partial charge < -0.3 is 32.5 Å². The van der Waals surface area contributed by atoms with Crippen LogP contribution < -0.4 is 17.2 Å².